The second-order valence-electron chi connectivity index (χ2n) is 8.48. The Morgan fingerprint density at radius 1 is 1.03 bits per heavy atom. The van der Waals surface area contributed by atoms with Crippen LogP contribution in [0.15, 0.2) is 42.5 Å². The first kappa shape index (κ1) is 21.9. The van der Waals surface area contributed by atoms with Crippen LogP contribution in [-0.2, 0) is 11.3 Å². The third-order valence-corrected chi connectivity index (χ3v) is 5.95. The Morgan fingerprint density at radius 2 is 1.80 bits per heavy atom. The summed E-state index contributed by atoms with van der Waals surface area (Å²) >= 11 is 0. The molecule has 160 valence electrons. The molecule has 2 aromatic carbocycles. The van der Waals surface area contributed by atoms with Crippen molar-refractivity contribution in [1.29, 1.82) is 0 Å². The molecule has 5 nitrogen and oxygen atoms in total. The highest BCUT2D eigenvalue weighted by Crippen LogP contribution is 2.22. The summed E-state index contributed by atoms with van der Waals surface area (Å²) in [6.45, 7) is 8.25. The average molecular weight is 408 g/mol. The van der Waals surface area contributed by atoms with Crippen molar-refractivity contribution >= 4 is 17.6 Å². The van der Waals surface area contributed by atoms with E-state index in [1.165, 1.54) is 16.7 Å². The van der Waals surface area contributed by atoms with Crippen LogP contribution in [0, 0.1) is 26.7 Å². The molecule has 0 radical (unpaired) electrons. The van der Waals surface area contributed by atoms with Gasteiger partial charge in [0.25, 0.3) is 0 Å². The number of anilines is 1. The molecule has 1 heterocycles. The van der Waals surface area contributed by atoms with Crippen LogP contribution in [-0.4, -0.2) is 29.9 Å². The molecule has 0 spiro atoms. The molecular weight excluding hydrogens is 374 g/mol. The average Bonchev–Trinajstić information content (AvgIpc) is 2.75. The van der Waals surface area contributed by atoms with Gasteiger partial charge in [0.15, 0.2) is 0 Å². The van der Waals surface area contributed by atoms with Crippen LogP contribution >= 0.6 is 0 Å². The number of piperidine rings is 1. The van der Waals surface area contributed by atoms with Crippen LogP contribution in [0.25, 0.3) is 0 Å². The number of carbonyl (C=O) groups excluding carboxylic acids is 2. The lowest BCUT2D eigenvalue weighted by atomic mass is 9.93. The highest BCUT2D eigenvalue weighted by molar-refractivity contribution is 5.89. The van der Waals surface area contributed by atoms with Gasteiger partial charge in [-0.05, 0) is 74.8 Å². The molecule has 2 aromatic rings. The molecule has 3 rings (SSSR count). The molecule has 2 N–H and O–H groups in total. The Bertz CT molecular complexity index is 876. The Kier molecular flexibility index (Phi) is 7.50. The second kappa shape index (κ2) is 10.3. The topological polar surface area (TPSA) is 61.4 Å². The minimum Gasteiger partial charge on any atom is -0.352 e. The molecule has 0 bridgehead atoms. The Hall–Kier alpha value is -2.82. The van der Waals surface area contributed by atoms with Crippen molar-refractivity contribution in [3.05, 3.63) is 64.7 Å². The standard InChI is InChI=1S/C25H33N3O2/c1-18-6-11-23(12-7-18)27-25(30)28-14-4-5-21(17-28)10-13-24(29)26-16-22-9-8-19(2)20(3)15-22/h6-9,11-12,15,21H,4-5,10,13-14,16-17H2,1-3H3,(H,26,29)(H,27,30)/t21-/m0/s1. The predicted molar refractivity (Wildman–Crippen MR) is 121 cm³/mol. The van der Waals surface area contributed by atoms with Crippen LogP contribution < -0.4 is 10.6 Å². The number of likely N-dealkylation sites (tertiary alicyclic amines) is 1. The van der Waals surface area contributed by atoms with Crippen molar-refractivity contribution in [3.63, 3.8) is 0 Å². The fourth-order valence-electron chi connectivity index (χ4n) is 3.86. The van der Waals surface area contributed by atoms with Crippen LogP contribution in [0.3, 0.4) is 0 Å². The first-order chi connectivity index (χ1) is 14.4. The number of hydrogen-bond acceptors (Lipinski definition) is 2. The summed E-state index contributed by atoms with van der Waals surface area (Å²) in [5.41, 5.74) is 5.62. The van der Waals surface area contributed by atoms with Crippen molar-refractivity contribution in [3.8, 4) is 0 Å². The van der Waals surface area contributed by atoms with E-state index in [4.69, 9.17) is 0 Å². The fourth-order valence-corrected chi connectivity index (χ4v) is 3.86. The van der Waals surface area contributed by atoms with Gasteiger partial charge in [0.2, 0.25) is 5.91 Å². The summed E-state index contributed by atoms with van der Waals surface area (Å²) < 4.78 is 0. The molecule has 1 aliphatic rings. The summed E-state index contributed by atoms with van der Waals surface area (Å²) in [4.78, 5) is 26.7. The maximum atomic E-state index is 12.6. The number of nitrogens with zero attached hydrogens (tertiary/aromatic N) is 1. The predicted octanol–water partition coefficient (Wildman–Crippen LogP) is 4.95. The third-order valence-electron chi connectivity index (χ3n) is 5.95. The summed E-state index contributed by atoms with van der Waals surface area (Å²) in [6, 6.07) is 14.1. The van der Waals surface area contributed by atoms with Crippen LogP contribution in [0.4, 0.5) is 10.5 Å². The highest BCUT2D eigenvalue weighted by Gasteiger charge is 2.24. The Balaban J connectivity index is 1.41. The Morgan fingerprint density at radius 3 is 2.53 bits per heavy atom. The maximum Gasteiger partial charge on any atom is 0.321 e. The normalized spacial score (nSPS) is 16.2. The van der Waals surface area contributed by atoms with Crippen molar-refractivity contribution < 1.29 is 9.59 Å². The van der Waals surface area contributed by atoms with Crippen molar-refractivity contribution in [2.75, 3.05) is 18.4 Å². The zero-order valence-electron chi connectivity index (χ0n) is 18.3. The summed E-state index contributed by atoms with van der Waals surface area (Å²) in [6.07, 6.45) is 3.37. The van der Waals surface area contributed by atoms with Gasteiger partial charge in [0.1, 0.15) is 0 Å². The highest BCUT2D eigenvalue weighted by atomic mass is 16.2. The molecule has 0 aromatic heterocycles. The van der Waals surface area contributed by atoms with Gasteiger partial charge in [0, 0.05) is 31.7 Å². The monoisotopic (exact) mass is 407 g/mol. The molecule has 1 fully saturated rings. The molecule has 0 saturated carbocycles. The number of rotatable bonds is 6. The second-order valence-corrected chi connectivity index (χ2v) is 8.48. The van der Waals surface area contributed by atoms with Crippen LogP contribution in [0.2, 0.25) is 0 Å². The Labute approximate surface area is 179 Å². The van der Waals surface area contributed by atoms with Crippen LogP contribution in [0.1, 0.15) is 47.9 Å². The van der Waals surface area contributed by atoms with Crippen LogP contribution in [0.5, 0.6) is 0 Å². The third kappa shape index (κ3) is 6.34. The molecule has 3 amide bonds. The maximum absolute atomic E-state index is 12.6. The lowest BCUT2D eigenvalue weighted by Crippen LogP contribution is -2.42. The molecule has 30 heavy (non-hydrogen) atoms. The number of hydrogen-bond donors (Lipinski definition) is 2. The number of benzene rings is 2. The lowest BCUT2D eigenvalue weighted by molar-refractivity contribution is -0.121. The van der Waals surface area contributed by atoms with Gasteiger partial charge in [-0.1, -0.05) is 35.9 Å². The summed E-state index contributed by atoms with van der Waals surface area (Å²) in [5.74, 6) is 0.448. The van der Waals surface area contributed by atoms with Crippen molar-refractivity contribution in [2.24, 2.45) is 5.92 Å². The fraction of sp³-hybridized carbons (Fsp3) is 0.440. The zero-order valence-corrected chi connectivity index (χ0v) is 18.3. The first-order valence-electron chi connectivity index (χ1n) is 10.9. The number of carbonyl (C=O) groups is 2. The van der Waals surface area contributed by atoms with E-state index in [0.29, 0.717) is 25.4 Å². The number of amides is 3. The largest absolute Gasteiger partial charge is 0.352 e. The van der Waals surface area contributed by atoms with E-state index in [2.05, 4.69) is 42.7 Å². The summed E-state index contributed by atoms with van der Waals surface area (Å²) in [5, 5.41) is 6.00. The molecule has 0 unspecified atom stereocenters. The van der Waals surface area contributed by atoms with E-state index in [0.717, 1.165) is 37.1 Å². The lowest BCUT2D eigenvalue weighted by Gasteiger charge is -2.32. The van der Waals surface area contributed by atoms with E-state index in [-0.39, 0.29) is 11.9 Å². The van der Waals surface area contributed by atoms with Gasteiger partial charge < -0.3 is 15.5 Å². The smallest absolute Gasteiger partial charge is 0.321 e. The molecule has 1 atom stereocenters. The van der Waals surface area contributed by atoms with E-state index < -0.39 is 0 Å². The molecule has 1 saturated heterocycles. The van der Waals surface area contributed by atoms with Gasteiger partial charge >= 0.3 is 6.03 Å². The molecule has 0 aliphatic carbocycles. The van der Waals surface area contributed by atoms with E-state index in [1.54, 1.807) is 0 Å². The number of nitrogens with one attached hydrogen (secondary N) is 2. The van der Waals surface area contributed by atoms with Gasteiger partial charge in [0.05, 0.1) is 0 Å². The summed E-state index contributed by atoms with van der Waals surface area (Å²) in [7, 11) is 0. The number of aryl methyl sites for hydroxylation is 3. The molecule has 5 heteroatoms. The van der Waals surface area contributed by atoms with Crippen molar-refractivity contribution in [2.45, 2.75) is 53.0 Å². The minimum absolute atomic E-state index is 0.0530. The number of urea groups is 1. The van der Waals surface area contributed by atoms with E-state index in [9.17, 15) is 9.59 Å². The quantitative estimate of drug-likeness (QED) is 0.711. The minimum atomic E-state index is -0.0530. The first-order valence-corrected chi connectivity index (χ1v) is 10.9. The van der Waals surface area contributed by atoms with Gasteiger partial charge in [-0.3, -0.25) is 4.79 Å². The SMILES string of the molecule is Cc1ccc(NC(=O)N2CCC[C@@H](CCC(=O)NCc3ccc(C)c(C)c3)C2)cc1. The van der Waals surface area contributed by atoms with Gasteiger partial charge in [-0.15, -0.1) is 0 Å². The van der Waals surface area contributed by atoms with Gasteiger partial charge in [-0.2, -0.15) is 0 Å². The molecular formula is C25H33N3O2. The van der Waals surface area contributed by atoms with Gasteiger partial charge in [-0.25, -0.2) is 4.79 Å². The van der Waals surface area contributed by atoms with E-state index in [1.807, 2.05) is 36.1 Å². The molecule has 1 aliphatic heterocycles. The van der Waals surface area contributed by atoms with E-state index >= 15 is 0 Å². The van der Waals surface area contributed by atoms with Crippen molar-refractivity contribution in [1.82, 2.24) is 10.2 Å². The zero-order chi connectivity index (χ0) is 21.5.